The number of nitrogens with zero attached hydrogens (tertiary/aromatic N) is 5. The van der Waals surface area contributed by atoms with Gasteiger partial charge in [0.15, 0.2) is 5.96 Å². The minimum absolute atomic E-state index is 0. The Kier molecular flexibility index (Phi) is 15.0. The highest BCUT2D eigenvalue weighted by molar-refractivity contribution is 7.89. The van der Waals surface area contributed by atoms with Gasteiger partial charge in [-0.25, -0.2) is 18.4 Å². The summed E-state index contributed by atoms with van der Waals surface area (Å²) < 4.78 is 36.0. The molecule has 54 heavy (non-hydrogen) atoms. The van der Waals surface area contributed by atoms with Gasteiger partial charge >= 0.3 is 0 Å². The normalized spacial score (nSPS) is 20.7. The third kappa shape index (κ3) is 9.52. The molecule has 2 aliphatic carbocycles. The van der Waals surface area contributed by atoms with E-state index in [2.05, 4.69) is 15.2 Å². The van der Waals surface area contributed by atoms with Crippen LogP contribution in [0.25, 0.3) is 10.9 Å². The molecule has 3 heterocycles. The Morgan fingerprint density at radius 3 is 2.26 bits per heavy atom. The molecule has 2 aromatic carbocycles. The number of sulfonamides is 1. The predicted molar refractivity (Wildman–Crippen MR) is 221 cm³/mol. The number of aromatic nitrogens is 1. The number of piperazine rings is 1. The number of halogens is 4. The summed E-state index contributed by atoms with van der Waals surface area (Å²) in [6.45, 7) is 4.46. The van der Waals surface area contributed by atoms with E-state index < -0.39 is 16.1 Å². The molecule has 10 nitrogen and oxygen atoms in total. The number of nitrogens with one attached hydrogen (secondary N) is 1. The molecule has 1 aromatic heterocycles. The molecule has 1 atom stereocenters. The van der Waals surface area contributed by atoms with Crippen molar-refractivity contribution in [2.45, 2.75) is 114 Å². The van der Waals surface area contributed by atoms with Crippen LogP contribution in [0.3, 0.4) is 0 Å². The van der Waals surface area contributed by atoms with Crippen LogP contribution in [0.15, 0.2) is 52.4 Å². The maximum Gasteiger partial charge on any atom is 0.245 e. The number of guanidine groups is 1. The summed E-state index contributed by atoms with van der Waals surface area (Å²) in [5, 5.41) is 5.03. The highest BCUT2D eigenvalue weighted by atomic mass is 35.5. The van der Waals surface area contributed by atoms with Crippen LogP contribution in [0.4, 0.5) is 0 Å². The second-order valence-electron chi connectivity index (χ2n) is 14.7. The molecule has 0 spiro atoms. The van der Waals surface area contributed by atoms with Crippen LogP contribution in [-0.2, 0) is 21.4 Å². The molecule has 4 fully saturated rings. The SMILES string of the molecule is Cc1ccc2cccc(OCc3c(Cl)ccc(S(=O)(=O)N4CCCC4C(=O)N4CCN(/C(=N\C5CCCCC5)NC5CCCCC5)CC4)c3Cl)c2n1.Cl.Cl. The molecule has 1 unspecified atom stereocenters. The molecule has 4 aliphatic rings. The Hall–Kier alpha value is -2.54. The molecular weight excluding hydrogens is 790 g/mol. The van der Waals surface area contributed by atoms with E-state index in [1.807, 2.05) is 42.2 Å². The van der Waals surface area contributed by atoms with Crippen molar-refractivity contribution in [3.8, 4) is 5.75 Å². The Balaban J connectivity index is 0.00000280. The highest BCUT2D eigenvalue weighted by Crippen LogP contribution is 2.37. The summed E-state index contributed by atoms with van der Waals surface area (Å²) in [6.07, 6.45) is 13.2. The molecule has 2 saturated heterocycles. The lowest BCUT2D eigenvalue weighted by atomic mass is 9.95. The largest absolute Gasteiger partial charge is 0.487 e. The molecule has 2 saturated carbocycles. The number of rotatable bonds is 8. The number of aliphatic imine (C=N–C) groups is 1. The molecule has 296 valence electrons. The Bertz CT molecular complexity index is 1900. The van der Waals surface area contributed by atoms with Crippen LogP contribution in [-0.4, -0.2) is 90.2 Å². The number of carbonyl (C=O) groups is 1. The van der Waals surface area contributed by atoms with Gasteiger partial charge in [-0.1, -0.05) is 79.9 Å². The van der Waals surface area contributed by atoms with Crippen molar-refractivity contribution >= 4 is 80.8 Å². The quantitative estimate of drug-likeness (QED) is 0.180. The zero-order valence-corrected chi connectivity index (χ0v) is 34.8. The Morgan fingerprint density at radius 2 is 1.54 bits per heavy atom. The minimum atomic E-state index is -4.13. The lowest BCUT2D eigenvalue weighted by Crippen LogP contribution is -2.58. The zero-order valence-electron chi connectivity index (χ0n) is 30.9. The van der Waals surface area contributed by atoms with Gasteiger partial charge < -0.3 is 19.9 Å². The lowest BCUT2D eigenvalue weighted by molar-refractivity contribution is -0.135. The number of hydrogen-bond acceptors (Lipinski definition) is 6. The summed E-state index contributed by atoms with van der Waals surface area (Å²) >= 11 is 13.4. The summed E-state index contributed by atoms with van der Waals surface area (Å²) in [6, 6.07) is 12.5. The third-order valence-electron chi connectivity index (χ3n) is 11.1. The second-order valence-corrected chi connectivity index (χ2v) is 17.4. The summed E-state index contributed by atoms with van der Waals surface area (Å²) in [7, 11) is -4.13. The van der Waals surface area contributed by atoms with E-state index in [4.69, 9.17) is 32.9 Å². The number of benzene rings is 2. The van der Waals surface area contributed by atoms with Gasteiger partial charge in [-0.15, -0.1) is 24.8 Å². The van der Waals surface area contributed by atoms with Crippen LogP contribution in [0.2, 0.25) is 10.0 Å². The lowest BCUT2D eigenvalue weighted by Gasteiger charge is -2.40. The number of fused-ring (bicyclic) bond motifs is 1. The van der Waals surface area contributed by atoms with Gasteiger partial charge in [-0.2, -0.15) is 4.31 Å². The van der Waals surface area contributed by atoms with Crippen LogP contribution in [0.5, 0.6) is 5.75 Å². The van der Waals surface area contributed by atoms with Crippen molar-refractivity contribution < 1.29 is 17.9 Å². The second kappa shape index (κ2) is 19.1. The van der Waals surface area contributed by atoms with Gasteiger partial charge in [-0.3, -0.25) is 4.79 Å². The van der Waals surface area contributed by atoms with Gasteiger partial charge in [0.2, 0.25) is 15.9 Å². The van der Waals surface area contributed by atoms with Crippen molar-refractivity contribution in [1.82, 2.24) is 24.4 Å². The first-order valence-electron chi connectivity index (χ1n) is 19.0. The molecule has 2 aliphatic heterocycles. The minimum Gasteiger partial charge on any atom is -0.487 e. The van der Waals surface area contributed by atoms with Gasteiger partial charge in [0.25, 0.3) is 0 Å². The highest BCUT2D eigenvalue weighted by Gasteiger charge is 2.43. The van der Waals surface area contributed by atoms with E-state index in [0.29, 0.717) is 73.0 Å². The molecule has 1 N–H and O–H groups in total. The van der Waals surface area contributed by atoms with E-state index >= 15 is 0 Å². The van der Waals surface area contributed by atoms with Gasteiger partial charge in [0.1, 0.15) is 28.8 Å². The number of aryl methyl sites for hydroxylation is 1. The number of pyridine rings is 1. The summed E-state index contributed by atoms with van der Waals surface area (Å²) in [5.74, 6) is 1.38. The molecule has 0 bridgehead atoms. The van der Waals surface area contributed by atoms with E-state index in [1.54, 1.807) is 0 Å². The average molecular weight is 843 g/mol. The maximum atomic E-state index is 14.3. The fourth-order valence-corrected chi connectivity index (χ4v) is 10.7. The number of para-hydroxylation sites is 1. The first-order valence-corrected chi connectivity index (χ1v) is 21.2. The van der Waals surface area contributed by atoms with E-state index in [9.17, 15) is 13.2 Å². The Morgan fingerprint density at radius 1 is 0.852 bits per heavy atom. The van der Waals surface area contributed by atoms with Crippen LogP contribution in [0, 0.1) is 6.92 Å². The number of ether oxygens (including phenoxy) is 1. The van der Waals surface area contributed by atoms with E-state index in [-0.39, 0.29) is 53.8 Å². The van der Waals surface area contributed by atoms with Crippen molar-refractivity contribution in [1.29, 1.82) is 0 Å². The molecular formula is C39H52Cl4N6O4S. The summed E-state index contributed by atoms with van der Waals surface area (Å²) in [5.41, 5.74) is 1.91. The number of hydrogen-bond donors (Lipinski definition) is 1. The number of amides is 1. The summed E-state index contributed by atoms with van der Waals surface area (Å²) in [4.78, 5) is 28.0. The number of carbonyl (C=O) groups excluding carboxylic acids is 1. The zero-order chi connectivity index (χ0) is 36.2. The van der Waals surface area contributed by atoms with Crippen molar-refractivity contribution in [3.63, 3.8) is 0 Å². The van der Waals surface area contributed by atoms with Gasteiger partial charge in [0, 0.05) is 60.4 Å². The monoisotopic (exact) mass is 840 g/mol. The van der Waals surface area contributed by atoms with Gasteiger partial charge in [0.05, 0.1) is 11.1 Å². The molecule has 3 aromatic rings. The van der Waals surface area contributed by atoms with E-state index in [1.165, 1.54) is 67.8 Å². The molecule has 15 heteroatoms. The van der Waals surface area contributed by atoms with Crippen molar-refractivity contribution in [2.24, 2.45) is 4.99 Å². The van der Waals surface area contributed by atoms with Gasteiger partial charge in [-0.05, 0) is 69.7 Å². The average Bonchev–Trinajstić information content (AvgIpc) is 3.67. The van der Waals surface area contributed by atoms with Crippen molar-refractivity contribution in [2.75, 3.05) is 32.7 Å². The molecule has 0 radical (unpaired) electrons. The van der Waals surface area contributed by atoms with Crippen LogP contribution >= 0.6 is 48.0 Å². The maximum absolute atomic E-state index is 14.3. The fraction of sp³-hybridized carbons (Fsp3) is 0.564. The molecule has 1 amide bonds. The topological polar surface area (TPSA) is 107 Å². The first kappa shape index (κ1) is 42.6. The third-order valence-corrected chi connectivity index (χ3v) is 14.0. The van der Waals surface area contributed by atoms with Crippen molar-refractivity contribution in [3.05, 3.63) is 63.8 Å². The predicted octanol–water partition coefficient (Wildman–Crippen LogP) is 8.18. The standard InChI is InChI=1S/C39H50Cl2N6O4S.2ClH/c1-27-17-18-28-10-8-16-34(37(28)42-27)51-26-31-32(40)19-20-35(36(31)41)52(49,50)47-21-9-15-33(47)38(48)45-22-24-46(25-23-45)39(43-29-11-4-2-5-12-29)44-30-13-6-3-7-14-30;;/h8,10,16-20,29-30,33H,2-7,9,11-15,21-26H2,1H3,(H,43,44);2*1H. The molecule has 7 rings (SSSR count). The van der Waals surface area contributed by atoms with E-state index in [0.717, 1.165) is 29.9 Å². The first-order chi connectivity index (χ1) is 25.2. The smallest absolute Gasteiger partial charge is 0.245 e. The van der Waals surface area contributed by atoms with Crippen LogP contribution < -0.4 is 10.1 Å². The van der Waals surface area contributed by atoms with Crippen LogP contribution in [0.1, 0.15) is 88.3 Å². The Labute approximate surface area is 342 Å². The fourth-order valence-electron chi connectivity index (χ4n) is 8.16.